The molecule has 0 aliphatic carbocycles. The Labute approximate surface area is 173 Å². The van der Waals surface area contributed by atoms with Crippen LogP contribution in [0.25, 0.3) is 11.3 Å². The van der Waals surface area contributed by atoms with E-state index in [2.05, 4.69) is 66.5 Å². The molecule has 0 saturated carbocycles. The lowest BCUT2D eigenvalue weighted by Crippen LogP contribution is -2.31. The predicted octanol–water partition coefficient (Wildman–Crippen LogP) is 5.01. The summed E-state index contributed by atoms with van der Waals surface area (Å²) in [6.45, 7) is 6.67. The zero-order valence-corrected chi connectivity index (χ0v) is 17.5. The lowest BCUT2D eigenvalue weighted by Gasteiger charge is -2.28. The number of nitrogens with one attached hydrogen (secondary N) is 1. The molecule has 29 heavy (non-hydrogen) atoms. The molecule has 0 saturated heterocycles. The molecule has 0 amide bonds. The van der Waals surface area contributed by atoms with Crippen molar-refractivity contribution in [1.29, 1.82) is 0 Å². The first-order chi connectivity index (χ1) is 14.2. The van der Waals surface area contributed by atoms with Crippen LogP contribution < -0.4 is 10.2 Å². The lowest BCUT2D eigenvalue weighted by molar-refractivity contribution is 0.197. The minimum Gasteiger partial charge on any atom is -0.385 e. The van der Waals surface area contributed by atoms with E-state index in [0.717, 1.165) is 36.6 Å². The van der Waals surface area contributed by atoms with E-state index >= 15 is 0 Å². The van der Waals surface area contributed by atoms with Crippen LogP contribution in [0.3, 0.4) is 0 Å². The average Bonchev–Trinajstić information content (AvgIpc) is 2.76. The summed E-state index contributed by atoms with van der Waals surface area (Å²) in [5, 5.41) is 3.36. The molecule has 5 heteroatoms. The first-order valence-electron chi connectivity index (χ1n) is 10.1. The van der Waals surface area contributed by atoms with Crippen LogP contribution in [0, 0.1) is 0 Å². The molecule has 0 unspecified atom stereocenters. The Morgan fingerprint density at radius 3 is 2.31 bits per heavy atom. The fourth-order valence-electron chi connectivity index (χ4n) is 3.14. The maximum atomic E-state index is 5.14. The van der Waals surface area contributed by atoms with Gasteiger partial charge in [-0.1, -0.05) is 60.7 Å². The summed E-state index contributed by atoms with van der Waals surface area (Å²) in [6.07, 6.45) is 0.905. The molecule has 3 aromatic rings. The highest BCUT2D eigenvalue weighted by Crippen LogP contribution is 2.26. The van der Waals surface area contributed by atoms with Gasteiger partial charge in [-0.2, -0.15) is 4.98 Å². The van der Waals surface area contributed by atoms with Gasteiger partial charge in [-0.05, 0) is 25.8 Å². The largest absolute Gasteiger partial charge is 0.385 e. The van der Waals surface area contributed by atoms with Gasteiger partial charge in [0, 0.05) is 44.5 Å². The number of hydrogen-bond acceptors (Lipinski definition) is 5. The van der Waals surface area contributed by atoms with Crippen LogP contribution in [0.1, 0.15) is 25.8 Å². The molecule has 3 rings (SSSR count). The Kier molecular flexibility index (Phi) is 7.59. The van der Waals surface area contributed by atoms with Gasteiger partial charge in [-0.15, -0.1) is 0 Å². The fraction of sp³-hybridized carbons (Fsp3) is 0.333. The third-order valence-electron chi connectivity index (χ3n) is 4.70. The van der Waals surface area contributed by atoms with Crippen LogP contribution in [-0.4, -0.2) is 36.3 Å². The predicted molar refractivity (Wildman–Crippen MR) is 120 cm³/mol. The van der Waals surface area contributed by atoms with Crippen LogP contribution in [0.4, 0.5) is 11.8 Å². The lowest BCUT2D eigenvalue weighted by atomic mass is 10.1. The maximum Gasteiger partial charge on any atom is 0.225 e. The molecule has 1 heterocycles. The van der Waals surface area contributed by atoms with Gasteiger partial charge in [0.25, 0.3) is 0 Å². The molecular formula is C24H30N4O. The molecule has 1 aromatic heterocycles. The zero-order valence-electron chi connectivity index (χ0n) is 17.5. The van der Waals surface area contributed by atoms with E-state index in [4.69, 9.17) is 14.7 Å². The minimum absolute atomic E-state index is 0.301. The second-order valence-electron chi connectivity index (χ2n) is 7.28. The van der Waals surface area contributed by atoms with Gasteiger partial charge in [0.05, 0.1) is 5.69 Å². The summed E-state index contributed by atoms with van der Waals surface area (Å²) < 4.78 is 5.14. The number of nitrogens with zero attached hydrogens (tertiary/aromatic N) is 3. The van der Waals surface area contributed by atoms with Crippen molar-refractivity contribution in [3.05, 3.63) is 72.3 Å². The zero-order chi connectivity index (χ0) is 20.5. The van der Waals surface area contributed by atoms with E-state index in [9.17, 15) is 0 Å². The van der Waals surface area contributed by atoms with E-state index in [0.29, 0.717) is 18.6 Å². The fourth-order valence-corrected chi connectivity index (χ4v) is 3.14. The van der Waals surface area contributed by atoms with Crippen molar-refractivity contribution in [3.8, 4) is 11.3 Å². The van der Waals surface area contributed by atoms with Gasteiger partial charge >= 0.3 is 0 Å². The Bertz CT molecular complexity index is 869. The van der Waals surface area contributed by atoms with Crippen LogP contribution in [0.15, 0.2) is 66.7 Å². The first-order valence-corrected chi connectivity index (χ1v) is 10.1. The van der Waals surface area contributed by atoms with Crippen molar-refractivity contribution >= 4 is 11.8 Å². The Hall–Kier alpha value is -2.92. The molecule has 0 radical (unpaired) electrons. The number of rotatable bonds is 10. The van der Waals surface area contributed by atoms with E-state index in [1.54, 1.807) is 7.11 Å². The first kappa shape index (κ1) is 20.8. The number of anilines is 2. The molecule has 152 valence electrons. The van der Waals surface area contributed by atoms with Crippen molar-refractivity contribution in [2.24, 2.45) is 0 Å². The average molecular weight is 391 g/mol. The normalized spacial score (nSPS) is 10.9. The third-order valence-corrected chi connectivity index (χ3v) is 4.70. The second-order valence-corrected chi connectivity index (χ2v) is 7.28. The van der Waals surface area contributed by atoms with Crippen molar-refractivity contribution in [3.63, 3.8) is 0 Å². The number of benzene rings is 2. The Morgan fingerprint density at radius 2 is 1.66 bits per heavy atom. The maximum absolute atomic E-state index is 5.14. The summed E-state index contributed by atoms with van der Waals surface area (Å²) in [7, 11) is 1.72. The Morgan fingerprint density at radius 1 is 0.966 bits per heavy atom. The molecule has 0 aliphatic rings. The van der Waals surface area contributed by atoms with Gasteiger partial charge < -0.3 is 15.0 Å². The van der Waals surface area contributed by atoms with Gasteiger partial charge in [0.1, 0.15) is 5.82 Å². The van der Waals surface area contributed by atoms with E-state index < -0.39 is 0 Å². The highest BCUT2D eigenvalue weighted by Gasteiger charge is 2.16. The summed E-state index contributed by atoms with van der Waals surface area (Å²) in [5.74, 6) is 1.57. The molecule has 0 atom stereocenters. The molecule has 2 aromatic carbocycles. The molecule has 0 spiro atoms. The number of aromatic nitrogens is 2. The van der Waals surface area contributed by atoms with Gasteiger partial charge in [-0.25, -0.2) is 4.98 Å². The standard InChI is InChI=1S/C24H30N4O/c1-19(2)28(18-20-11-6-4-7-12-20)23-17-22(21-13-8-5-9-14-21)26-24(27-23)25-15-10-16-29-3/h4-9,11-14,17,19H,10,15-16,18H2,1-3H3,(H,25,26,27). The van der Waals surface area contributed by atoms with Crippen molar-refractivity contribution in [1.82, 2.24) is 9.97 Å². The van der Waals surface area contributed by atoms with Gasteiger partial charge in [0.2, 0.25) is 5.95 Å². The molecule has 0 fully saturated rings. The Balaban J connectivity index is 1.93. The second kappa shape index (κ2) is 10.6. The van der Waals surface area contributed by atoms with Crippen LogP contribution in [0.2, 0.25) is 0 Å². The highest BCUT2D eigenvalue weighted by molar-refractivity contribution is 5.65. The third kappa shape index (κ3) is 6.03. The summed E-state index contributed by atoms with van der Waals surface area (Å²) in [4.78, 5) is 11.9. The van der Waals surface area contributed by atoms with Gasteiger partial charge in [-0.3, -0.25) is 0 Å². The smallest absolute Gasteiger partial charge is 0.225 e. The molecular weight excluding hydrogens is 360 g/mol. The molecule has 0 bridgehead atoms. The SMILES string of the molecule is COCCCNc1nc(-c2ccccc2)cc(N(Cc2ccccc2)C(C)C)n1. The molecule has 0 aliphatic heterocycles. The number of hydrogen-bond donors (Lipinski definition) is 1. The van der Waals surface area contributed by atoms with Crippen molar-refractivity contribution in [2.45, 2.75) is 32.9 Å². The van der Waals surface area contributed by atoms with E-state index in [-0.39, 0.29) is 0 Å². The van der Waals surface area contributed by atoms with Crippen LogP contribution >= 0.6 is 0 Å². The van der Waals surface area contributed by atoms with Crippen molar-refractivity contribution in [2.75, 3.05) is 30.5 Å². The summed E-state index contributed by atoms with van der Waals surface area (Å²) in [5.41, 5.74) is 3.26. The highest BCUT2D eigenvalue weighted by atomic mass is 16.5. The number of ether oxygens (including phenoxy) is 1. The summed E-state index contributed by atoms with van der Waals surface area (Å²) >= 11 is 0. The van der Waals surface area contributed by atoms with Crippen LogP contribution in [0.5, 0.6) is 0 Å². The van der Waals surface area contributed by atoms with E-state index in [1.165, 1.54) is 5.56 Å². The monoisotopic (exact) mass is 390 g/mol. The number of methoxy groups -OCH3 is 1. The van der Waals surface area contributed by atoms with E-state index in [1.807, 2.05) is 24.3 Å². The van der Waals surface area contributed by atoms with Crippen LogP contribution in [-0.2, 0) is 11.3 Å². The topological polar surface area (TPSA) is 50.3 Å². The van der Waals surface area contributed by atoms with Gasteiger partial charge in [0.15, 0.2) is 0 Å². The van der Waals surface area contributed by atoms with Crippen molar-refractivity contribution < 1.29 is 4.74 Å². The quantitative estimate of drug-likeness (QED) is 0.493. The summed E-state index contributed by atoms with van der Waals surface area (Å²) in [6, 6.07) is 23.1. The molecule has 1 N–H and O–H groups in total. The molecule has 5 nitrogen and oxygen atoms in total. The minimum atomic E-state index is 0.301.